The van der Waals surface area contributed by atoms with Gasteiger partial charge in [0.05, 0.1) is 0 Å². The molecule has 4 rings (SSSR count). The first-order valence-electron chi connectivity index (χ1n) is 14.5. The van der Waals surface area contributed by atoms with Crippen LogP contribution in [0.25, 0.3) is 0 Å². The first-order valence-corrected chi connectivity index (χ1v) is 14.5. The van der Waals surface area contributed by atoms with Gasteiger partial charge in [0, 0.05) is 13.3 Å². The van der Waals surface area contributed by atoms with Crippen molar-refractivity contribution in [1.82, 2.24) is 0 Å². The maximum Gasteiger partial charge on any atom is 0.302 e. The van der Waals surface area contributed by atoms with Crippen molar-refractivity contribution < 1.29 is 9.53 Å². The molecular weight excluding hydrogens is 404 g/mol. The molecule has 2 nitrogen and oxygen atoms in total. The van der Waals surface area contributed by atoms with Crippen LogP contribution in [0.15, 0.2) is 11.6 Å². The molecule has 0 N–H and O–H groups in total. The fourth-order valence-corrected chi connectivity index (χ4v) is 9.63. The molecule has 0 radical (unpaired) electrons. The highest BCUT2D eigenvalue weighted by Crippen LogP contribution is 2.67. The summed E-state index contributed by atoms with van der Waals surface area (Å²) in [6.07, 6.45) is 17.2. The van der Waals surface area contributed by atoms with E-state index in [1.165, 1.54) is 57.8 Å². The Morgan fingerprint density at radius 2 is 1.82 bits per heavy atom. The molecule has 2 heteroatoms. The minimum atomic E-state index is -0.115. The Bertz CT molecular complexity index is 737. The third-order valence-electron chi connectivity index (χ3n) is 11.6. The van der Waals surface area contributed by atoms with Gasteiger partial charge in [-0.1, -0.05) is 66.0 Å². The first kappa shape index (κ1) is 25.3. The predicted octanol–water partition coefficient (Wildman–Crippen LogP) is 8.60. The molecule has 0 heterocycles. The van der Waals surface area contributed by atoms with Crippen LogP contribution in [0.2, 0.25) is 0 Å². The number of carbonyl (C=O) groups is 1. The molecule has 188 valence electrons. The number of hydrogen-bond donors (Lipinski definition) is 0. The van der Waals surface area contributed by atoms with Crippen molar-refractivity contribution >= 4 is 5.97 Å². The molecule has 0 unspecified atom stereocenters. The second-order valence-corrected chi connectivity index (χ2v) is 13.4. The summed E-state index contributed by atoms with van der Waals surface area (Å²) in [6.45, 7) is 16.6. The zero-order valence-electron chi connectivity index (χ0n) is 22.8. The number of carbonyl (C=O) groups excluding carboxylic acids is 1. The van der Waals surface area contributed by atoms with Crippen molar-refractivity contribution in [2.24, 2.45) is 52.3 Å². The number of fused-ring (bicyclic) bond motifs is 5. The SMILES string of the molecule is CC[C@@H](CC[C@H](C)[C@@H]1CC[C@@H]2[C@H]3CC=C4C[C@@H](OC(C)=O)CC[C@]4(C)[C@@H]3CC[C@@]21C)C(C)C. The van der Waals surface area contributed by atoms with Crippen LogP contribution >= 0.6 is 0 Å². The Labute approximate surface area is 204 Å². The quantitative estimate of drug-likeness (QED) is 0.283. The number of esters is 1. The second kappa shape index (κ2) is 9.69. The van der Waals surface area contributed by atoms with Crippen LogP contribution in [0.5, 0.6) is 0 Å². The van der Waals surface area contributed by atoms with E-state index in [1.54, 1.807) is 12.5 Å². The van der Waals surface area contributed by atoms with Crippen molar-refractivity contribution in [3.05, 3.63) is 11.6 Å². The first-order chi connectivity index (χ1) is 15.6. The molecule has 9 atom stereocenters. The molecule has 0 aromatic carbocycles. The van der Waals surface area contributed by atoms with Gasteiger partial charge >= 0.3 is 5.97 Å². The second-order valence-electron chi connectivity index (χ2n) is 13.4. The average Bonchev–Trinajstić information content (AvgIpc) is 3.11. The van der Waals surface area contributed by atoms with E-state index in [0.29, 0.717) is 10.8 Å². The monoisotopic (exact) mass is 456 g/mol. The minimum absolute atomic E-state index is 0.113. The maximum atomic E-state index is 11.5. The molecule has 0 spiro atoms. The van der Waals surface area contributed by atoms with Crippen molar-refractivity contribution in [1.29, 1.82) is 0 Å². The lowest BCUT2D eigenvalue weighted by Crippen LogP contribution is -2.51. The Balaban J connectivity index is 1.46. The van der Waals surface area contributed by atoms with Gasteiger partial charge in [-0.2, -0.15) is 0 Å². The van der Waals surface area contributed by atoms with Crippen LogP contribution in [-0.2, 0) is 9.53 Å². The summed E-state index contributed by atoms with van der Waals surface area (Å²) in [5, 5.41) is 0. The molecule has 33 heavy (non-hydrogen) atoms. The van der Waals surface area contributed by atoms with Gasteiger partial charge in [-0.15, -0.1) is 0 Å². The van der Waals surface area contributed by atoms with Crippen LogP contribution in [0, 0.1) is 52.3 Å². The van der Waals surface area contributed by atoms with Gasteiger partial charge in [-0.3, -0.25) is 4.79 Å². The molecule has 3 saturated carbocycles. The van der Waals surface area contributed by atoms with Gasteiger partial charge in [0.2, 0.25) is 0 Å². The summed E-state index contributed by atoms with van der Waals surface area (Å²) in [5.74, 6) is 6.03. The van der Waals surface area contributed by atoms with Crippen LogP contribution in [0.1, 0.15) is 119 Å². The minimum Gasteiger partial charge on any atom is -0.462 e. The van der Waals surface area contributed by atoms with Crippen molar-refractivity contribution in [3.8, 4) is 0 Å². The van der Waals surface area contributed by atoms with E-state index in [2.05, 4.69) is 47.6 Å². The van der Waals surface area contributed by atoms with Crippen LogP contribution in [-0.4, -0.2) is 12.1 Å². The van der Waals surface area contributed by atoms with Crippen LogP contribution in [0.4, 0.5) is 0 Å². The lowest BCUT2D eigenvalue weighted by atomic mass is 9.47. The van der Waals surface area contributed by atoms with E-state index in [0.717, 1.165) is 54.3 Å². The standard InChI is InChI=1S/C31H52O2/c1-8-23(20(2)3)10-9-21(4)27-13-14-28-26-12-11-24-19-25(33-22(5)32)15-17-30(24,6)29(26)16-18-31(27,28)7/h11,20-21,23,25-29H,8-10,12-19H2,1-7H3/t21-,23-,25-,26+,27-,28+,29+,30-,31+/m0/s1. The Kier molecular flexibility index (Phi) is 7.43. The predicted molar refractivity (Wildman–Crippen MR) is 138 cm³/mol. The summed E-state index contributed by atoms with van der Waals surface area (Å²) >= 11 is 0. The van der Waals surface area contributed by atoms with E-state index in [1.807, 2.05) is 0 Å². The molecule has 0 amide bonds. The summed E-state index contributed by atoms with van der Waals surface area (Å²) in [7, 11) is 0. The smallest absolute Gasteiger partial charge is 0.302 e. The Hall–Kier alpha value is -0.790. The zero-order chi connectivity index (χ0) is 24.0. The average molecular weight is 457 g/mol. The maximum absolute atomic E-state index is 11.5. The van der Waals surface area contributed by atoms with Gasteiger partial charge < -0.3 is 4.74 Å². The molecular formula is C31H52O2. The van der Waals surface area contributed by atoms with Gasteiger partial charge in [0.1, 0.15) is 6.10 Å². The number of rotatable bonds is 7. The molecule has 4 aliphatic carbocycles. The molecule has 0 aromatic rings. The number of ether oxygens (including phenoxy) is 1. The summed E-state index contributed by atoms with van der Waals surface area (Å²) in [4.78, 5) is 11.5. The van der Waals surface area contributed by atoms with Gasteiger partial charge in [-0.25, -0.2) is 0 Å². The van der Waals surface area contributed by atoms with Crippen LogP contribution < -0.4 is 0 Å². The summed E-state index contributed by atoms with van der Waals surface area (Å²) in [5.41, 5.74) is 2.51. The normalized spacial score (nSPS) is 42.1. The molecule has 0 bridgehead atoms. The molecule has 0 aliphatic heterocycles. The van der Waals surface area contributed by atoms with Gasteiger partial charge in [-0.05, 0) is 104 Å². The molecule has 0 aromatic heterocycles. The fraction of sp³-hybridized carbons (Fsp3) is 0.903. The van der Waals surface area contributed by atoms with Crippen molar-refractivity contribution in [2.45, 2.75) is 125 Å². The lowest BCUT2D eigenvalue weighted by Gasteiger charge is -2.58. The summed E-state index contributed by atoms with van der Waals surface area (Å²) < 4.78 is 5.63. The topological polar surface area (TPSA) is 26.3 Å². The highest BCUT2D eigenvalue weighted by Gasteiger charge is 2.59. The largest absolute Gasteiger partial charge is 0.462 e. The van der Waals surface area contributed by atoms with Gasteiger partial charge in [0.15, 0.2) is 0 Å². The lowest BCUT2D eigenvalue weighted by molar-refractivity contribution is -0.148. The van der Waals surface area contributed by atoms with E-state index < -0.39 is 0 Å². The number of allylic oxidation sites excluding steroid dienone is 1. The third kappa shape index (κ3) is 4.58. The van der Waals surface area contributed by atoms with E-state index in [4.69, 9.17) is 4.74 Å². The van der Waals surface area contributed by atoms with E-state index >= 15 is 0 Å². The highest BCUT2D eigenvalue weighted by molar-refractivity contribution is 5.66. The molecule has 3 fully saturated rings. The Morgan fingerprint density at radius 3 is 2.48 bits per heavy atom. The third-order valence-corrected chi connectivity index (χ3v) is 11.6. The van der Waals surface area contributed by atoms with Crippen molar-refractivity contribution in [2.75, 3.05) is 0 Å². The highest BCUT2D eigenvalue weighted by atomic mass is 16.5. The van der Waals surface area contributed by atoms with Crippen molar-refractivity contribution in [3.63, 3.8) is 0 Å². The fourth-order valence-electron chi connectivity index (χ4n) is 9.63. The van der Waals surface area contributed by atoms with E-state index in [-0.39, 0.29) is 12.1 Å². The number of hydrogen-bond acceptors (Lipinski definition) is 2. The zero-order valence-corrected chi connectivity index (χ0v) is 22.8. The summed E-state index contributed by atoms with van der Waals surface area (Å²) in [6, 6.07) is 0. The van der Waals surface area contributed by atoms with Gasteiger partial charge in [0.25, 0.3) is 0 Å². The van der Waals surface area contributed by atoms with E-state index in [9.17, 15) is 4.79 Å². The molecule has 4 aliphatic rings. The Morgan fingerprint density at radius 1 is 1.06 bits per heavy atom. The molecule has 0 saturated heterocycles. The van der Waals surface area contributed by atoms with Crippen LogP contribution in [0.3, 0.4) is 0 Å².